The maximum Gasteiger partial charge on any atom is 0.318 e. The highest BCUT2D eigenvalue weighted by Crippen LogP contribution is 2.26. The first-order valence-electron chi connectivity index (χ1n) is 5.23. The number of halogens is 2. The molecule has 3 amide bonds. The summed E-state index contributed by atoms with van der Waals surface area (Å²) < 4.78 is 3.92. The smallest absolute Gasteiger partial charge is 0.318 e. The second-order valence-electron chi connectivity index (χ2n) is 3.28. The first-order chi connectivity index (χ1) is 7.96. The van der Waals surface area contributed by atoms with Crippen molar-refractivity contribution in [1.82, 2.24) is 5.32 Å². The fraction of sp³-hybridized carbons (Fsp3) is 0.455. The monoisotopic (exact) mass is 340 g/mol. The molecule has 104 valence electrons. The number of carbonyl (C=O) groups excluding carboxylic acids is 2. The van der Waals surface area contributed by atoms with Crippen LogP contribution in [0, 0.1) is 0 Å². The van der Waals surface area contributed by atoms with E-state index >= 15 is 0 Å². The molecule has 0 saturated heterocycles. The third-order valence-corrected chi connectivity index (χ3v) is 3.67. The van der Waals surface area contributed by atoms with Crippen LogP contribution >= 0.6 is 28.3 Å². The molecule has 0 saturated carbocycles. The zero-order valence-electron chi connectivity index (χ0n) is 10.3. The predicted octanol–water partition coefficient (Wildman–Crippen LogP) is 2.84. The van der Waals surface area contributed by atoms with Gasteiger partial charge in [-0.2, -0.15) is 0 Å². The normalized spacial score (nSPS) is 9.50. The molecule has 0 aromatic carbocycles. The molecule has 0 fully saturated rings. The molecule has 3 N–H and O–H groups in total. The van der Waals surface area contributed by atoms with E-state index in [0.717, 1.165) is 0 Å². The average Bonchev–Trinajstić information content (AvgIpc) is 2.85. The number of urea groups is 1. The summed E-state index contributed by atoms with van der Waals surface area (Å²) in [5, 5.41) is 2.04. The standard InChI is InChI=1S/C7H13BrN2O2.C4H4O.ClH/c1-3-7(8,4-2)5(11)10-6(9)12;1-2-4-5-3-1;/h3-4H2,1-2H3,(H3,9,10,11,12);1-4H;1H. The van der Waals surface area contributed by atoms with Gasteiger partial charge in [0.05, 0.1) is 12.5 Å². The summed E-state index contributed by atoms with van der Waals surface area (Å²) in [6.45, 7) is 3.72. The molecule has 0 bridgehead atoms. The Bertz CT molecular complexity index is 323. The summed E-state index contributed by atoms with van der Waals surface area (Å²) in [5.41, 5.74) is 4.81. The number of furan rings is 1. The van der Waals surface area contributed by atoms with E-state index in [0.29, 0.717) is 12.8 Å². The minimum atomic E-state index is -0.814. The molecule has 1 aromatic heterocycles. The summed E-state index contributed by atoms with van der Waals surface area (Å²) in [7, 11) is 0. The summed E-state index contributed by atoms with van der Waals surface area (Å²) in [4.78, 5) is 21.6. The van der Waals surface area contributed by atoms with Crippen LogP contribution in [0.3, 0.4) is 0 Å². The van der Waals surface area contributed by atoms with E-state index in [9.17, 15) is 9.59 Å². The Morgan fingerprint density at radius 2 is 1.72 bits per heavy atom. The highest BCUT2D eigenvalue weighted by Gasteiger charge is 2.32. The Hall–Kier alpha value is -1.01. The lowest BCUT2D eigenvalue weighted by Crippen LogP contribution is -2.46. The van der Waals surface area contributed by atoms with Crippen molar-refractivity contribution < 1.29 is 14.0 Å². The third-order valence-electron chi connectivity index (χ3n) is 2.19. The van der Waals surface area contributed by atoms with Crippen molar-refractivity contribution in [3.63, 3.8) is 0 Å². The molecule has 7 heteroatoms. The van der Waals surface area contributed by atoms with Crippen molar-refractivity contribution >= 4 is 40.3 Å². The van der Waals surface area contributed by atoms with Gasteiger partial charge in [-0.25, -0.2) is 4.79 Å². The summed E-state index contributed by atoms with van der Waals surface area (Å²) in [6, 6.07) is 2.85. The van der Waals surface area contributed by atoms with E-state index in [4.69, 9.17) is 5.73 Å². The molecule has 1 aromatic rings. The topological polar surface area (TPSA) is 85.3 Å². The van der Waals surface area contributed by atoms with Crippen molar-refractivity contribution in [3.05, 3.63) is 24.7 Å². The Kier molecular flexibility index (Phi) is 10.7. The predicted molar refractivity (Wildman–Crippen MR) is 75.9 cm³/mol. The van der Waals surface area contributed by atoms with Crippen molar-refractivity contribution in [1.29, 1.82) is 0 Å². The molecule has 0 aliphatic heterocycles. The fourth-order valence-corrected chi connectivity index (χ4v) is 1.12. The number of primary amides is 1. The van der Waals surface area contributed by atoms with Crippen molar-refractivity contribution in [2.24, 2.45) is 5.73 Å². The van der Waals surface area contributed by atoms with Crippen LogP contribution < -0.4 is 11.1 Å². The molecule has 0 atom stereocenters. The maximum absolute atomic E-state index is 11.3. The molecule has 0 spiro atoms. The van der Waals surface area contributed by atoms with Crippen LogP contribution in [0.4, 0.5) is 4.79 Å². The molecule has 0 aliphatic rings. The SMILES string of the molecule is CCC(Br)(CC)C(=O)NC(N)=O.Cl.c1ccoc1. The van der Waals surface area contributed by atoms with Crippen LogP contribution in [0.15, 0.2) is 29.1 Å². The van der Waals surface area contributed by atoms with Gasteiger partial charge in [0.2, 0.25) is 5.91 Å². The third kappa shape index (κ3) is 7.34. The Balaban J connectivity index is 0. The number of nitrogens with two attached hydrogens (primary N) is 1. The van der Waals surface area contributed by atoms with Gasteiger partial charge in [-0.3, -0.25) is 10.1 Å². The number of amides is 3. The van der Waals surface area contributed by atoms with Gasteiger partial charge in [-0.15, -0.1) is 12.4 Å². The highest BCUT2D eigenvalue weighted by atomic mass is 79.9. The van der Waals surface area contributed by atoms with Gasteiger partial charge in [0.1, 0.15) is 4.32 Å². The number of imide groups is 1. The second kappa shape index (κ2) is 9.96. The van der Waals surface area contributed by atoms with E-state index in [1.807, 2.05) is 31.3 Å². The number of hydrogen-bond acceptors (Lipinski definition) is 3. The maximum atomic E-state index is 11.3. The van der Waals surface area contributed by atoms with Crippen molar-refractivity contribution in [3.8, 4) is 0 Å². The van der Waals surface area contributed by atoms with E-state index in [2.05, 4.69) is 20.3 Å². The Morgan fingerprint density at radius 1 is 1.28 bits per heavy atom. The quantitative estimate of drug-likeness (QED) is 0.829. The lowest BCUT2D eigenvalue weighted by atomic mass is 10.0. The molecule has 0 radical (unpaired) electrons. The number of alkyl halides is 1. The van der Waals surface area contributed by atoms with Gasteiger partial charge in [0.25, 0.3) is 0 Å². The molecule has 0 aliphatic carbocycles. The zero-order chi connectivity index (χ0) is 13.3. The van der Waals surface area contributed by atoms with Crippen molar-refractivity contribution in [2.75, 3.05) is 0 Å². The molecule has 0 unspecified atom stereocenters. The minimum absolute atomic E-state index is 0. The number of nitrogens with one attached hydrogen (secondary N) is 1. The average molecular weight is 342 g/mol. The van der Waals surface area contributed by atoms with Gasteiger partial charge in [0.15, 0.2) is 0 Å². The van der Waals surface area contributed by atoms with Crippen LogP contribution in [0.1, 0.15) is 26.7 Å². The van der Waals surface area contributed by atoms with Gasteiger partial charge in [-0.05, 0) is 25.0 Å². The zero-order valence-corrected chi connectivity index (χ0v) is 12.7. The number of hydrogen-bond donors (Lipinski definition) is 2. The highest BCUT2D eigenvalue weighted by molar-refractivity contribution is 9.10. The van der Waals surface area contributed by atoms with Crippen LogP contribution in [0.5, 0.6) is 0 Å². The largest absolute Gasteiger partial charge is 0.473 e. The first kappa shape index (κ1) is 19.3. The van der Waals surface area contributed by atoms with Gasteiger partial charge in [-0.1, -0.05) is 29.8 Å². The Labute approximate surface area is 121 Å². The van der Waals surface area contributed by atoms with E-state index < -0.39 is 10.4 Å². The van der Waals surface area contributed by atoms with Crippen LogP contribution in [-0.4, -0.2) is 16.3 Å². The summed E-state index contributed by atoms with van der Waals surface area (Å²) in [5.74, 6) is -0.375. The summed E-state index contributed by atoms with van der Waals surface area (Å²) >= 11 is 3.26. The lowest BCUT2D eigenvalue weighted by molar-refractivity contribution is -0.122. The van der Waals surface area contributed by atoms with Crippen molar-refractivity contribution in [2.45, 2.75) is 31.0 Å². The molecule has 1 rings (SSSR count). The number of rotatable bonds is 3. The van der Waals surface area contributed by atoms with Crippen LogP contribution in [0.2, 0.25) is 0 Å². The van der Waals surface area contributed by atoms with Crippen LogP contribution in [0.25, 0.3) is 0 Å². The van der Waals surface area contributed by atoms with Gasteiger partial charge in [0, 0.05) is 0 Å². The first-order valence-corrected chi connectivity index (χ1v) is 6.02. The van der Waals surface area contributed by atoms with E-state index in [1.165, 1.54) is 0 Å². The minimum Gasteiger partial charge on any atom is -0.473 e. The molecular weight excluding hydrogens is 323 g/mol. The van der Waals surface area contributed by atoms with Gasteiger partial charge >= 0.3 is 6.03 Å². The number of carbonyl (C=O) groups is 2. The molecule has 18 heavy (non-hydrogen) atoms. The molecular formula is C11H18BrClN2O3. The Morgan fingerprint density at radius 3 is 1.94 bits per heavy atom. The van der Waals surface area contributed by atoms with Crippen LogP contribution in [-0.2, 0) is 4.79 Å². The summed E-state index contributed by atoms with van der Waals surface area (Å²) in [6.07, 6.45) is 4.48. The van der Waals surface area contributed by atoms with Gasteiger partial charge < -0.3 is 10.2 Å². The molecule has 5 nitrogen and oxygen atoms in total. The van der Waals surface area contributed by atoms with E-state index in [-0.39, 0.29) is 18.3 Å². The van der Waals surface area contributed by atoms with E-state index in [1.54, 1.807) is 12.5 Å². The second-order valence-corrected chi connectivity index (χ2v) is 4.80. The lowest BCUT2D eigenvalue weighted by Gasteiger charge is -2.21. The molecule has 1 heterocycles. The fourth-order valence-electron chi connectivity index (χ4n) is 1.02.